The number of amides is 2. The molecule has 0 rings (SSSR count). The van der Waals surface area contributed by atoms with Crippen LogP contribution in [0, 0.1) is 10.8 Å². The van der Waals surface area contributed by atoms with E-state index < -0.39 is 11.2 Å². The second-order valence-electron chi connectivity index (χ2n) is 11.8. The number of alkyl carbamates (subject to hydrolysis) is 2. The molecule has 0 bridgehead atoms. The van der Waals surface area contributed by atoms with Gasteiger partial charge in [-0.25, -0.2) is 9.59 Å². The van der Waals surface area contributed by atoms with Gasteiger partial charge in [-0.1, -0.05) is 27.7 Å². The molecule has 7 heteroatoms. The summed E-state index contributed by atoms with van der Waals surface area (Å²) in [5.74, 6) is 0. The number of nitrogens with zero attached hydrogens (tertiary/aromatic N) is 1. The molecule has 0 aromatic rings. The highest BCUT2D eigenvalue weighted by molar-refractivity contribution is 5.68. The van der Waals surface area contributed by atoms with Gasteiger partial charge in [-0.2, -0.15) is 0 Å². The number of ether oxygens (including phenoxy) is 2. The fraction of sp³-hybridized carbons (Fsp3) is 0.913. The van der Waals surface area contributed by atoms with Crippen molar-refractivity contribution >= 4 is 12.2 Å². The highest BCUT2D eigenvalue weighted by Crippen LogP contribution is 2.22. The molecule has 0 saturated carbocycles. The smallest absolute Gasteiger partial charge is 0.407 e. The normalized spacial score (nSPS) is 13.2. The molecule has 0 spiro atoms. The van der Waals surface area contributed by atoms with Crippen LogP contribution in [0.3, 0.4) is 0 Å². The van der Waals surface area contributed by atoms with Gasteiger partial charge in [0.25, 0.3) is 0 Å². The van der Waals surface area contributed by atoms with Crippen LogP contribution in [0.1, 0.15) is 82.1 Å². The first-order chi connectivity index (χ1) is 13.3. The van der Waals surface area contributed by atoms with Crippen LogP contribution in [0.4, 0.5) is 9.59 Å². The minimum Gasteiger partial charge on any atom is -0.444 e. The molecule has 0 saturated heterocycles. The van der Waals surface area contributed by atoms with Gasteiger partial charge in [0.1, 0.15) is 11.2 Å². The molecule has 0 radical (unpaired) electrons. The van der Waals surface area contributed by atoms with Crippen molar-refractivity contribution in [1.29, 1.82) is 0 Å². The molecule has 0 heterocycles. The number of hydrogen-bond donors (Lipinski definition) is 2. The van der Waals surface area contributed by atoms with Crippen molar-refractivity contribution in [2.45, 2.75) is 93.3 Å². The minimum absolute atomic E-state index is 0.0288. The summed E-state index contributed by atoms with van der Waals surface area (Å²) in [5, 5.41) is 5.74. The van der Waals surface area contributed by atoms with E-state index in [0.29, 0.717) is 13.1 Å². The summed E-state index contributed by atoms with van der Waals surface area (Å²) in [7, 11) is 2.11. The van der Waals surface area contributed by atoms with Crippen molar-refractivity contribution in [3.63, 3.8) is 0 Å². The first kappa shape index (κ1) is 28.5. The zero-order valence-electron chi connectivity index (χ0n) is 21.3. The Morgan fingerprint density at radius 1 is 0.667 bits per heavy atom. The Bertz CT molecular complexity index is 498. The second-order valence-corrected chi connectivity index (χ2v) is 11.8. The summed E-state index contributed by atoms with van der Waals surface area (Å²) in [4.78, 5) is 26.0. The van der Waals surface area contributed by atoms with E-state index in [1.54, 1.807) is 0 Å². The molecule has 0 aliphatic carbocycles. The Hall–Kier alpha value is -1.50. The molecular weight excluding hydrogens is 382 g/mol. The summed E-state index contributed by atoms with van der Waals surface area (Å²) < 4.78 is 10.6. The Morgan fingerprint density at radius 3 is 1.23 bits per heavy atom. The summed E-state index contributed by atoms with van der Waals surface area (Å²) in [5.41, 5.74) is -1.03. The van der Waals surface area contributed by atoms with Crippen LogP contribution in [0.25, 0.3) is 0 Å². The van der Waals surface area contributed by atoms with E-state index >= 15 is 0 Å². The monoisotopic (exact) mass is 429 g/mol. The maximum Gasteiger partial charge on any atom is 0.407 e. The van der Waals surface area contributed by atoms with E-state index in [-0.39, 0.29) is 23.0 Å². The molecule has 0 unspecified atom stereocenters. The molecule has 7 nitrogen and oxygen atoms in total. The van der Waals surface area contributed by atoms with E-state index in [1.807, 2.05) is 41.5 Å². The average Bonchev–Trinajstić information content (AvgIpc) is 2.52. The first-order valence-corrected chi connectivity index (χ1v) is 10.9. The van der Waals surface area contributed by atoms with Crippen LogP contribution >= 0.6 is 0 Å². The van der Waals surface area contributed by atoms with Gasteiger partial charge in [-0.05, 0) is 85.4 Å². The van der Waals surface area contributed by atoms with E-state index in [9.17, 15) is 9.59 Å². The van der Waals surface area contributed by atoms with Gasteiger partial charge in [0.2, 0.25) is 0 Å². The van der Waals surface area contributed by atoms with Crippen LogP contribution in [0.15, 0.2) is 0 Å². The summed E-state index contributed by atoms with van der Waals surface area (Å²) in [6.45, 7) is 22.7. The Balaban J connectivity index is 4.25. The van der Waals surface area contributed by atoms with Crippen LogP contribution in [0.2, 0.25) is 0 Å². The van der Waals surface area contributed by atoms with Crippen molar-refractivity contribution in [3.05, 3.63) is 0 Å². The van der Waals surface area contributed by atoms with Crippen LogP contribution in [-0.4, -0.2) is 61.5 Å². The standard InChI is InChI=1S/C23H47N3O4/c1-20(2,3)29-18(27)24-16-22(7,8)12-14-26(11)15-13-23(9,10)17-25-19(28)30-21(4,5)6/h12-17H2,1-11H3,(H,24,27)(H,25,28). The predicted molar refractivity (Wildman–Crippen MR) is 123 cm³/mol. The SMILES string of the molecule is CN(CCC(C)(C)CNC(=O)OC(C)(C)C)CCC(C)(C)CNC(=O)OC(C)(C)C. The van der Waals surface area contributed by atoms with Crippen molar-refractivity contribution in [2.24, 2.45) is 10.8 Å². The Labute approximate surface area is 184 Å². The van der Waals surface area contributed by atoms with Crippen molar-refractivity contribution < 1.29 is 19.1 Å². The van der Waals surface area contributed by atoms with E-state index in [2.05, 4.69) is 50.3 Å². The fourth-order valence-electron chi connectivity index (χ4n) is 2.53. The van der Waals surface area contributed by atoms with Gasteiger partial charge in [0.15, 0.2) is 0 Å². The number of carbonyl (C=O) groups excluding carboxylic acids is 2. The zero-order chi connectivity index (χ0) is 23.8. The molecule has 2 amide bonds. The lowest BCUT2D eigenvalue weighted by atomic mass is 9.88. The maximum absolute atomic E-state index is 11.9. The number of nitrogens with one attached hydrogen (secondary N) is 2. The molecule has 0 aromatic carbocycles. The Morgan fingerprint density at radius 2 is 0.967 bits per heavy atom. The van der Waals surface area contributed by atoms with E-state index in [4.69, 9.17) is 9.47 Å². The third-order valence-electron chi connectivity index (χ3n) is 4.56. The van der Waals surface area contributed by atoms with Gasteiger partial charge in [0, 0.05) is 13.1 Å². The van der Waals surface area contributed by atoms with Crippen LogP contribution in [0.5, 0.6) is 0 Å². The molecule has 30 heavy (non-hydrogen) atoms. The molecule has 2 N–H and O–H groups in total. The van der Waals surface area contributed by atoms with Gasteiger partial charge >= 0.3 is 12.2 Å². The van der Waals surface area contributed by atoms with Gasteiger partial charge in [-0.3, -0.25) is 0 Å². The average molecular weight is 430 g/mol. The van der Waals surface area contributed by atoms with Crippen molar-refractivity contribution in [3.8, 4) is 0 Å². The van der Waals surface area contributed by atoms with Crippen molar-refractivity contribution in [1.82, 2.24) is 15.5 Å². The van der Waals surface area contributed by atoms with Crippen LogP contribution in [-0.2, 0) is 9.47 Å². The van der Waals surface area contributed by atoms with Crippen molar-refractivity contribution in [2.75, 3.05) is 33.2 Å². The number of rotatable bonds is 10. The molecule has 0 aromatic heterocycles. The predicted octanol–water partition coefficient (Wildman–Crippen LogP) is 4.80. The summed E-state index contributed by atoms with van der Waals surface area (Å²) >= 11 is 0. The molecule has 0 aliphatic rings. The lowest BCUT2D eigenvalue weighted by molar-refractivity contribution is 0.0495. The minimum atomic E-state index is -0.487. The highest BCUT2D eigenvalue weighted by Gasteiger charge is 2.24. The third kappa shape index (κ3) is 16.3. The van der Waals surface area contributed by atoms with E-state index in [0.717, 1.165) is 25.9 Å². The fourth-order valence-corrected chi connectivity index (χ4v) is 2.53. The zero-order valence-corrected chi connectivity index (χ0v) is 21.3. The topological polar surface area (TPSA) is 79.9 Å². The van der Waals surface area contributed by atoms with Gasteiger partial charge in [0.05, 0.1) is 0 Å². The second kappa shape index (κ2) is 11.2. The Kier molecular flexibility index (Phi) is 10.7. The maximum atomic E-state index is 11.9. The van der Waals surface area contributed by atoms with Gasteiger partial charge in [-0.15, -0.1) is 0 Å². The lowest BCUT2D eigenvalue weighted by Crippen LogP contribution is -2.40. The molecule has 178 valence electrons. The third-order valence-corrected chi connectivity index (χ3v) is 4.56. The largest absolute Gasteiger partial charge is 0.444 e. The number of carbonyl (C=O) groups is 2. The first-order valence-electron chi connectivity index (χ1n) is 10.9. The molecule has 0 aliphatic heterocycles. The molecular formula is C23H47N3O4. The quantitative estimate of drug-likeness (QED) is 0.521. The highest BCUT2D eigenvalue weighted by atomic mass is 16.6. The van der Waals surface area contributed by atoms with Gasteiger partial charge < -0.3 is 25.0 Å². The lowest BCUT2D eigenvalue weighted by Gasteiger charge is -2.31. The summed E-state index contributed by atoms with van der Waals surface area (Å²) in [6.07, 6.45) is 1.16. The van der Waals surface area contributed by atoms with E-state index in [1.165, 1.54) is 0 Å². The van der Waals surface area contributed by atoms with Crippen LogP contribution < -0.4 is 10.6 Å². The molecule has 0 atom stereocenters. The molecule has 0 fully saturated rings. The number of hydrogen-bond acceptors (Lipinski definition) is 5. The summed E-state index contributed by atoms with van der Waals surface area (Å²) in [6, 6.07) is 0.